The molecule has 1 heterocycles. The van der Waals surface area contributed by atoms with Gasteiger partial charge in [-0.25, -0.2) is 0 Å². The van der Waals surface area contributed by atoms with Gasteiger partial charge in [0.25, 0.3) is 0 Å². The Labute approximate surface area is 118 Å². The van der Waals surface area contributed by atoms with E-state index in [1.165, 1.54) is 10.5 Å². The summed E-state index contributed by atoms with van der Waals surface area (Å²) in [5.41, 5.74) is 1.26. The summed E-state index contributed by atoms with van der Waals surface area (Å²) in [7, 11) is 0. The third-order valence-electron chi connectivity index (χ3n) is 3.06. The van der Waals surface area contributed by atoms with E-state index in [1.807, 2.05) is 6.92 Å². The van der Waals surface area contributed by atoms with Crippen LogP contribution in [-0.2, 0) is 14.3 Å². The van der Waals surface area contributed by atoms with Crippen molar-refractivity contribution in [3.63, 3.8) is 0 Å². The monoisotopic (exact) mass is 280 g/mol. The number of ether oxygens (including phenoxy) is 2. The summed E-state index contributed by atoms with van der Waals surface area (Å²) >= 11 is 1.68. The van der Waals surface area contributed by atoms with Gasteiger partial charge in [-0.2, -0.15) is 0 Å². The predicted octanol–water partition coefficient (Wildman–Crippen LogP) is 3.58. The first-order valence-electron chi connectivity index (χ1n) is 6.79. The van der Waals surface area contributed by atoms with E-state index in [2.05, 4.69) is 24.3 Å². The third kappa shape index (κ3) is 4.55. The molecule has 0 bridgehead atoms. The van der Waals surface area contributed by atoms with Gasteiger partial charge in [0.2, 0.25) is 0 Å². The lowest BCUT2D eigenvalue weighted by Crippen LogP contribution is -2.04. The quantitative estimate of drug-likeness (QED) is 0.589. The topological polar surface area (TPSA) is 35.5 Å². The van der Waals surface area contributed by atoms with Crippen molar-refractivity contribution >= 4 is 17.7 Å². The van der Waals surface area contributed by atoms with E-state index in [0.29, 0.717) is 13.0 Å². The molecule has 0 spiro atoms. The van der Waals surface area contributed by atoms with Gasteiger partial charge in [-0.3, -0.25) is 4.79 Å². The van der Waals surface area contributed by atoms with Crippen LogP contribution in [0, 0.1) is 0 Å². The average Bonchev–Trinajstić information content (AvgIpc) is 2.94. The Morgan fingerprint density at radius 2 is 2.21 bits per heavy atom. The molecule has 0 amide bonds. The molecule has 19 heavy (non-hydrogen) atoms. The smallest absolute Gasteiger partial charge is 0.306 e. The van der Waals surface area contributed by atoms with Gasteiger partial charge in [0.1, 0.15) is 0 Å². The fourth-order valence-electron chi connectivity index (χ4n) is 2.10. The van der Waals surface area contributed by atoms with Crippen LogP contribution >= 0.6 is 11.8 Å². The molecular weight excluding hydrogens is 260 g/mol. The molecule has 0 saturated carbocycles. The fraction of sp³-hybridized carbons (Fsp3) is 0.533. The van der Waals surface area contributed by atoms with Gasteiger partial charge in [-0.1, -0.05) is 12.1 Å². The van der Waals surface area contributed by atoms with Crippen LogP contribution in [0.2, 0.25) is 0 Å². The maximum Gasteiger partial charge on any atom is 0.306 e. The molecule has 1 aromatic carbocycles. The maximum absolute atomic E-state index is 11.2. The zero-order chi connectivity index (χ0) is 13.5. The van der Waals surface area contributed by atoms with Crippen molar-refractivity contribution in [1.29, 1.82) is 0 Å². The molecule has 1 aliphatic rings. The number of carbonyl (C=O) groups excluding carboxylic acids is 1. The van der Waals surface area contributed by atoms with Crippen LogP contribution in [0.3, 0.4) is 0 Å². The first-order chi connectivity index (χ1) is 9.29. The van der Waals surface area contributed by atoms with Crippen LogP contribution in [-0.4, -0.2) is 24.9 Å². The van der Waals surface area contributed by atoms with Crippen LogP contribution in [0.5, 0.6) is 0 Å². The highest BCUT2D eigenvalue weighted by molar-refractivity contribution is 7.99. The molecule has 0 aliphatic carbocycles. The number of rotatable bonds is 6. The zero-order valence-electron chi connectivity index (χ0n) is 11.3. The van der Waals surface area contributed by atoms with E-state index in [1.54, 1.807) is 11.8 Å². The molecule has 0 radical (unpaired) electrons. The van der Waals surface area contributed by atoms with Crippen LogP contribution in [0.4, 0.5) is 0 Å². The van der Waals surface area contributed by atoms with Crippen molar-refractivity contribution in [2.75, 3.05) is 19.0 Å². The summed E-state index contributed by atoms with van der Waals surface area (Å²) in [6.45, 7) is 3.16. The lowest BCUT2D eigenvalue weighted by Gasteiger charge is -2.10. The Hall–Kier alpha value is -1.00. The Morgan fingerprint density at radius 3 is 2.84 bits per heavy atom. The number of hydrogen-bond acceptors (Lipinski definition) is 4. The molecule has 0 unspecified atom stereocenters. The van der Waals surface area contributed by atoms with E-state index in [-0.39, 0.29) is 12.1 Å². The normalized spacial score (nSPS) is 18.5. The minimum Gasteiger partial charge on any atom is -0.466 e. The molecule has 2 rings (SSSR count). The van der Waals surface area contributed by atoms with Crippen molar-refractivity contribution in [2.45, 2.75) is 37.2 Å². The van der Waals surface area contributed by atoms with E-state index in [4.69, 9.17) is 9.47 Å². The number of hydrogen-bond donors (Lipinski definition) is 0. The second-order valence-corrected chi connectivity index (χ2v) is 5.64. The Bertz CT molecular complexity index is 396. The van der Waals surface area contributed by atoms with Crippen molar-refractivity contribution in [3.8, 4) is 0 Å². The van der Waals surface area contributed by atoms with E-state index in [0.717, 1.165) is 25.2 Å². The Kier molecular flexibility index (Phi) is 5.73. The molecule has 3 nitrogen and oxygen atoms in total. The largest absolute Gasteiger partial charge is 0.466 e. The first-order valence-corrected chi connectivity index (χ1v) is 7.78. The average molecular weight is 280 g/mol. The van der Waals surface area contributed by atoms with Gasteiger partial charge in [-0.05, 0) is 37.5 Å². The van der Waals surface area contributed by atoms with Gasteiger partial charge in [-0.15, -0.1) is 11.8 Å². The van der Waals surface area contributed by atoms with Crippen LogP contribution in [0.15, 0.2) is 29.2 Å². The summed E-state index contributed by atoms with van der Waals surface area (Å²) < 4.78 is 10.5. The second-order valence-electron chi connectivity index (χ2n) is 4.47. The molecule has 1 fully saturated rings. The molecular formula is C15H20O3S. The van der Waals surface area contributed by atoms with E-state index >= 15 is 0 Å². The molecule has 0 N–H and O–H groups in total. The lowest BCUT2D eigenvalue weighted by atomic mass is 10.1. The van der Waals surface area contributed by atoms with Crippen LogP contribution in [0.1, 0.15) is 37.9 Å². The summed E-state index contributed by atoms with van der Waals surface area (Å²) in [6.07, 6.45) is 3.01. The minimum absolute atomic E-state index is 0.119. The second kappa shape index (κ2) is 7.56. The van der Waals surface area contributed by atoms with Crippen molar-refractivity contribution in [2.24, 2.45) is 0 Å². The maximum atomic E-state index is 11.2. The number of benzene rings is 1. The van der Waals surface area contributed by atoms with Crippen molar-refractivity contribution in [1.82, 2.24) is 0 Å². The van der Waals surface area contributed by atoms with Gasteiger partial charge in [0, 0.05) is 17.3 Å². The minimum atomic E-state index is -0.119. The fourth-order valence-corrected chi connectivity index (χ4v) is 2.94. The lowest BCUT2D eigenvalue weighted by molar-refractivity contribution is -0.142. The van der Waals surface area contributed by atoms with Crippen LogP contribution < -0.4 is 0 Å². The standard InChI is InChI=1S/C15H20O3S/c1-2-17-15(16)9-11-19-13-7-5-12(6-8-13)14-4-3-10-18-14/h5-8,14H,2-4,9-11H2,1H3/t14-/m1/s1. The molecule has 1 saturated heterocycles. The van der Waals surface area contributed by atoms with Gasteiger partial charge < -0.3 is 9.47 Å². The third-order valence-corrected chi connectivity index (χ3v) is 4.08. The summed E-state index contributed by atoms with van der Waals surface area (Å²) in [4.78, 5) is 12.4. The van der Waals surface area contributed by atoms with Crippen LogP contribution in [0.25, 0.3) is 0 Å². The molecule has 0 aromatic heterocycles. The highest BCUT2D eigenvalue weighted by Gasteiger charge is 2.17. The zero-order valence-corrected chi connectivity index (χ0v) is 12.1. The summed E-state index contributed by atoms with van der Waals surface area (Å²) in [5.74, 6) is 0.643. The van der Waals surface area contributed by atoms with Crippen molar-refractivity contribution < 1.29 is 14.3 Å². The summed E-state index contributed by atoms with van der Waals surface area (Å²) in [6, 6.07) is 8.46. The Morgan fingerprint density at radius 1 is 1.42 bits per heavy atom. The molecule has 4 heteroatoms. The molecule has 104 valence electrons. The summed E-state index contributed by atoms with van der Waals surface area (Å²) in [5, 5.41) is 0. The van der Waals surface area contributed by atoms with E-state index < -0.39 is 0 Å². The van der Waals surface area contributed by atoms with E-state index in [9.17, 15) is 4.79 Å². The predicted molar refractivity (Wildman–Crippen MR) is 76.3 cm³/mol. The molecule has 1 atom stereocenters. The molecule has 1 aliphatic heterocycles. The SMILES string of the molecule is CCOC(=O)CCSc1ccc([C@H]2CCCO2)cc1. The highest BCUT2D eigenvalue weighted by Crippen LogP contribution is 2.30. The first kappa shape index (κ1) is 14.4. The Balaban J connectivity index is 1.77. The van der Waals surface area contributed by atoms with Gasteiger partial charge in [0.05, 0.1) is 19.1 Å². The van der Waals surface area contributed by atoms with Gasteiger partial charge in [0.15, 0.2) is 0 Å². The van der Waals surface area contributed by atoms with Crippen molar-refractivity contribution in [3.05, 3.63) is 29.8 Å². The number of esters is 1. The number of carbonyl (C=O) groups is 1. The highest BCUT2D eigenvalue weighted by atomic mass is 32.2. The number of thioether (sulfide) groups is 1. The van der Waals surface area contributed by atoms with Gasteiger partial charge >= 0.3 is 5.97 Å². The molecule has 1 aromatic rings.